The Kier molecular flexibility index (Phi) is 4.64. The molecule has 0 bridgehead atoms. The smallest absolute Gasteiger partial charge is 0.404 e. The van der Waals surface area contributed by atoms with Crippen LogP contribution in [0.4, 0.5) is 13.2 Å². The predicted molar refractivity (Wildman–Crippen MR) is 93.4 cm³/mol. The van der Waals surface area contributed by atoms with Gasteiger partial charge in [0, 0.05) is 10.8 Å². The summed E-state index contributed by atoms with van der Waals surface area (Å²) in [5, 5.41) is 3.16. The molecule has 132 valence electrons. The maximum absolute atomic E-state index is 12.5. The molecule has 0 radical (unpaired) electrons. The number of pyridine rings is 1. The Morgan fingerprint density at radius 2 is 1.92 bits per heavy atom. The highest BCUT2D eigenvalue weighted by Gasteiger charge is 2.32. The highest BCUT2D eigenvalue weighted by atomic mass is 35.5. The van der Waals surface area contributed by atoms with Crippen LogP contribution in [0.1, 0.15) is 31.0 Å². The zero-order valence-electron chi connectivity index (χ0n) is 13.6. The fourth-order valence-electron chi connectivity index (χ4n) is 2.39. The summed E-state index contributed by atoms with van der Waals surface area (Å²) in [6, 6.07) is 4.58. The van der Waals surface area contributed by atoms with Crippen LogP contribution in [0, 0.1) is 6.92 Å². The lowest BCUT2D eigenvalue weighted by Crippen LogP contribution is -2.17. The van der Waals surface area contributed by atoms with E-state index >= 15 is 0 Å². The molecule has 0 aliphatic carbocycles. The summed E-state index contributed by atoms with van der Waals surface area (Å²) in [4.78, 5) is 8.98. The van der Waals surface area contributed by atoms with Gasteiger partial charge in [0.25, 0.3) is 0 Å². The van der Waals surface area contributed by atoms with Crippen molar-refractivity contribution in [1.29, 1.82) is 0 Å². The van der Waals surface area contributed by atoms with Gasteiger partial charge in [-0.1, -0.05) is 25.4 Å². The summed E-state index contributed by atoms with van der Waals surface area (Å²) in [5.74, 6) is -0.186. The van der Waals surface area contributed by atoms with Crippen molar-refractivity contribution in [1.82, 2.24) is 9.97 Å². The highest BCUT2D eigenvalue weighted by molar-refractivity contribution is 7.13. The third-order valence-electron chi connectivity index (χ3n) is 3.65. The molecule has 0 aliphatic rings. The molecule has 3 nitrogen and oxygen atoms in total. The molecular formula is C17H14ClF3N2OS. The third-order valence-corrected chi connectivity index (χ3v) is 4.90. The van der Waals surface area contributed by atoms with Gasteiger partial charge in [0.1, 0.15) is 15.8 Å². The second-order valence-electron chi connectivity index (χ2n) is 5.88. The minimum Gasteiger partial charge on any atom is -0.404 e. The molecule has 8 heteroatoms. The Balaban J connectivity index is 2.14. The monoisotopic (exact) mass is 386 g/mol. The van der Waals surface area contributed by atoms with Crippen LogP contribution >= 0.6 is 22.9 Å². The molecule has 0 atom stereocenters. The summed E-state index contributed by atoms with van der Waals surface area (Å²) in [5.41, 5.74) is 2.63. The number of fused-ring (bicyclic) bond motifs is 1. The molecule has 2 aromatic heterocycles. The molecule has 0 N–H and O–H groups in total. The standard InChI is InChI=1S/C17H14ClF3N2OS/c1-8(2)12-7-25-16(23-12)11-6-9(3)10-4-5-13(24-17(19,20)21)14(18)15(10)22-11/h4-8H,1-3H3. The van der Waals surface area contributed by atoms with Crippen LogP contribution in [0.5, 0.6) is 5.75 Å². The zero-order valence-corrected chi connectivity index (χ0v) is 15.2. The average molecular weight is 387 g/mol. The highest BCUT2D eigenvalue weighted by Crippen LogP contribution is 2.37. The van der Waals surface area contributed by atoms with Gasteiger partial charge in [0.2, 0.25) is 0 Å². The van der Waals surface area contributed by atoms with Gasteiger partial charge >= 0.3 is 6.36 Å². The first-order valence-electron chi connectivity index (χ1n) is 7.47. The summed E-state index contributed by atoms with van der Waals surface area (Å²) in [7, 11) is 0. The quantitative estimate of drug-likeness (QED) is 0.526. The van der Waals surface area contributed by atoms with E-state index in [1.54, 1.807) is 0 Å². The largest absolute Gasteiger partial charge is 0.573 e. The van der Waals surface area contributed by atoms with Crippen molar-refractivity contribution in [3.05, 3.63) is 39.9 Å². The predicted octanol–water partition coefficient (Wildman–Crippen LogP) is 6.34. The molecule has 0 fully saturated rings. The first kappa shape index (κ1) is 17.9. The van der Waals surface area contributed by atoms with Crippen LogP contribution in [-0.4, -0.2) is 16.3 Å². The number of thiazole rings is 1. The van der Waals surface area contributed by atoms with Crippen molar-refractivity contribution in [2.24, 2.45) is 0 Å². The minimum atomic E-state index is -4.81. The van der Waals surface area contributed by atoms with E-state index in [1.165, 1.54) is 23.5 Å². The summed E-state index contributed by atoms with van der Waals surface area (Å²) in [6.07, 6.45) is -4.81. The summed E-state index contributed by atoms with van der Waals surface area (Å²) >= 11 is 7.57. The van der Waals surface area contributed by atoms with Crippen molar-refractivity contribution in [3.8, 4) is 16.5 Å². The maximum Gasteiger partial charge on any atom is 0.573 e. The van der Waals surface area contributed by atoms with Gasteiger partial charge in [-0.05, 0) is 36.6 Å². The average Bonchev–Trinajstić information content (AvgIpc) is 2.99. The first-order chi connectivity index (χ1) is 11.7. The second kappa shape index (κ2) is 6.46. The van der Waals surface area contributed by atoms with E-state index in [9.17, 15) is 13.2 Å². The number of aryl methyl sites for hydroxylation is 1. The van der Waals surface area contributed by atoms with Crippen LogP contribution < -0.4 is 4.74 Å². The van der Waals surface area contributed by atoms with Crippen molar-refractivity contribution in [2.45, 2.75) is 33.1 Å². The zero-order chi connectivity index (χ0) is 18.4. The first-order valence-corrected chi connectivity index (χ1v) is 8.73. The topological polar surface area (TPSA) is 35.0 Å². The molecule has 25 heavy (non-hydrogen) atoms. The number of benzene rings is 1. The van der Waals surface area contributed by atoms with Gasteiger partial charge < -0.3 is 4.74 Å². The number of hydrogen-bond acceptors (Lipinski definition) is 4. The number of hydrogen-bond donors (Lipinski definition) is 0. The number of aromatic nitrogens is 2. The van der Waals surface area contributed by atoms with E-state index in [-0.39, 0.29) is 16.5 Å². The van der Waals surface area contributed by atoms with E-state index in [4.69, 9.17) is 11.6 Å². The number of nitrogens with zero attached hydrogens (tertiary/aromatic N) is 2. The number of rotatable bonds is 3. The van der Waals surface area contributed by atoms with Crippen LogP contribution in [0.2, 0.25) is 5.02 Å². The van der Waals surface area contributed by atoms with Gasteiger partial charge in [0.15, 0.2) is 0 Å². The molecule has 3 aromatic rings. The number of alkyl halides is 3. The Hall–Kier alpha value is -1.86. The molecule has 1 aromatic carbocycles. The van der Waals surface area contributed by atoms with Gasteiger partial charge in [-0.2, -0.15) is 0 Å². The molecule has 0 amide bonds. The van der Waals surface area contributed by atoms with E-state index < -0.39 is 12.1 Å². The van der Waals surface area contributed by atoms with Crippen molar-refractivity contribution in [3.63, 3.8) is 0 Å². The molecule has 2 heterocycles. The van der Waals surface area contributed by atoms with Crippen LogP contribution in [0.3, 0.4) is 0 Å². The van der Waals surface area contributed by atoms with Gasteiger partial charge in [-0.25, -0.2) is 9.97 Å². The third kappa shape index (κ3) is 3.72. The Bertz CT molecular complexity index is 938. The van der Waals surface area contributed by atoms with Crippen LogP contribution in [0.15, 0.2) is 23.6 Å². The van der Waals surface area contributed by atoms with E-state index in [0.717, 1.165) is 11.3 Å². The normalized spacial score (nSPS) is 12.2. The number of halogens is 4. The lowest BCUT2D eigenvalue weighted by molar-refractivity contribution is -0.274. The fraction of sp³-hybridized carbons (Fsp3) is 0.294. The van der Waals surface area contributed by atoms with Crippen molar-refractivity contribution >= 4 is 33.8 Å². The molecule has 3 rings (SSSR count). The molecule has 0 aliphatic heterocycles. The van der Waals surface area contributed by atoms with E-state index in [0.29, 0.717) is 16.1 Å². The molecule has 0 saturated heterocycles. The Morgan fingerprint density at radius 1 is 1.20 bits per heavy atom. The van der Waals surface area contributed by atoms with Crippen LogP contribution in [0.25, 0.3) is 21.6 Å². The van der Waals surface area contributed by atoms with Crippen molar-refractivity contribution < 1.29 is 17.9 Å². The maximum atomic E-state index is 12.5. The fourth-order valence-corrected chi connectivity index (χ4v) is 3.58. The Morgan fingerprint density at radius 3 is 2.52 bits per heavy atom. The van der Waals surface area contributed by atoms with Crippen molar-refractivity contribution in [2.75, 3.05) is 0 Å². The molecular weight excluding hydrogens is 373 g/mol. The van der Waals surface area contributed by atoms with E-state index in [2.05, 4.69) is 14.7 Å². The van der Waals surface area contributed by atoms with Gasteiger partial charge in [-0.3, -0.25) is 0 Å². The molecule has 0 spiro atoms. The number of ether oxygens (including phenoxy) is 1. The minimum absolute atomic E-state index is 0.166. The molecule has 0 saturated carbocycles. The van der Waals surface area contributed by atoms with Crippen LogP contribution in [-0.2, 0) is 0 Å². The summed E-state index contributed by atoms with van der Waals surface area (Å²) in [6.45, 7) is 5.93. The second-order valence-corrected chi connectivity index (χ2v) is 7.11. The SMILES string of the molecule is Cc1cc(-c2nc(C(C)C)cs2)nc2c(Cl)c(OC(F)(F)F)ccc12. The summed E-state index contributed by atoms with van der Waals surface area (Å²) < 4.78 is 41.5. The lowest BCUT2D eigenvalue weighted by Gasteiger charge is -2.13. The molecule has 0 unspecified atom stereocenters. The van der Waals surface area contributed by atoms with Gasteiger partial charge in [0.05, 0.1) is 16.9 Å². The van der Waals surface area contributed by atoms with Gasteiger partial charge in [-0.15, -0.1) is 24.5 Å². The Labute approximate surface area is 151 Å². The lowest BCUT2D eigenvalue weighted by atomic mass is 10.1. The van der Waals surface area contributed by atoms with E-state index in [1.807, 2.05) is 32.2 Å².